The van der Waals surface area contributed by atoms with Gasteiger partial charge in [0.1, 0.15) is 13.2 Å². The van der Waals surface area contributed by atoms with Crippen molar-refractivity contribution in [2.45, 2.75) is 58.9 Å². The molecule has 0 aliphatic rings. The van der Waals surface area contributed by atoms with Gasteiger partial charge in [0, 0.05) is 25.6 Å². The number of carbonyl (C=O) groups is 2. The molecule has 0 aromatic carbocycles. The maximum atomic E-state index is 11.8. The molecule has 1 aromatic rings. The molecule has 0 amide bonds. The minimum atomic E-state index is -0.00840. The quantitative estimate of drug-likeness (QED) is 0.408. The maximum absolute atomic E-state index is 11.8. The van der Waals surface area contributed by atoms with Crippen LogP contribution in [-0.2, 0) is 25.6 Å². The molecule has 2 N–H and O–H groups in total. The lowest BCUT2D eigenvalue weighted by atomic mass is 9.98. The summed E-state index contributed by atoms with van der Waals surface area (Å²) in [5.74, 6) is 0.381. The molecule has 0 saturated carbocycles. The van der Waals surface area contributed by atoms with Crippen LogP contribution >= 0.6 is 0 Å². The highest BCUT2D eigenvalue weighted by atomic mass is 16.5. The summed E-state index contributed by atoms with van der Waals surface area (Å²) in [5, 5.41) is 7.83. The van der Waals surface area contributed by atoms with Gasteiger partial charge >= 0.3 is 0 Å². The monoisotopic (exact) mass is 382 g/mol. The molecule has 0 saturated heterocycles. The third-order valence-corrected chi connectivity index (χ3v) is 4.12. The van der Waals surface area contributed by atoms with E-state index in [4.69, 9.17) is 15.2 Å². The van der Waals surface area contributed by atoms with Crippen LogP contribution in [0.3, 0.4) is 0 Å². The average molecular weight is 383 g/mol. The second kappa shape index (κ2) is 14.4. The minimum Gasteiger partial charge on any atom is -0.380 e. The number of ketones is 2. The molecule has 0 aliphatic heterocycles. The van der Waals surface area contributed by atoms with Gasteiger partial charge in [-0.25, -0.2) is 4.68 Å². The van der Waals surface area contributed by atoms with Crippen molar-refractivity contribution in [1.82, 2.24) is 15.0 Å². The molecule has 8 heteroatoms. The van der Waals surface area contributed by atoms with Gasteiger partial charge in [-0.15, -0.1) is 5.10 Å². The van der Waals surface area contributed by atoms with E-state index in [0.717, 1.165) is 25.0 Å². The fraction of sp³-hybridized carbons (Fsp3) is 0.789. The van der Waals surface area contributed by atoms with E-state index in [1.54, 1.807) is 4.68 Å². The first kappa shape index (κ1) is 23.4. The first-order chi connectivity index (χ1) is 13.0. The van der Waals surface area contributed by atoms with Crippen LogP contribution in [0.4, 0.5) is 0 Å². The second-order valence-electron chi connectivity index (χ2n) is 7.00. The van der Waals surface area contributed by atoms with E-state index in [9.17, 15) is 9.59 Å². The van der Waals surface area contributed by atoms with Crippen molar-refractivity contribution < 1.29 is 19.1 Å². The molecule has 154 valence electrons. The maximum Gasteiger partial charge on any atom is 0.158 e. The largest absolute Gasteiger partial charge is 0.380 e. The number of hydrogen-bond acceptors (Lipinski definition) is 7. The molecule has 1 atom stereocenters. The van der Waals surface area contributed by atoms with E-state index in [-0.39, 0.29) is 24.8 Å². The topological polar surface area (TPSA) is 109 Å². The highest BCUT2D eigenvalue weighted by Crippen LogP contribution is 2.12. The molecular formula is C19H34N4O4. The number of carbonyl (C=O) groups excluding carboxylic acids is 2. The van der Waals surface area contributed by atoms with Gasteiger partial charge in [-0.05, 0) is 32.2 Å². The Hall–Kier alpha value is -1.64. The van der Waals surface area contributed by atoms with Crippen molar-refractivity contribution >= 4 is 11.6 Å². The standard InChI is InChI=1S/C19H34N4O4/c1-16(6-3-4-8-20)12-19(25)15-27-14-18(24)7-5-10-26-11-9-23-13-17(2)21-22-23/h13,16H,3-12,14-15,20H2,1-2H3. The van der Waals surface area contributed by atoms with Crippen molar-refractivity contribution in [3.8, 4) is 0 Å². The van der Waals surface area contributed by atoms with Gasteiger partial charge in [0.05, 0.1) is 18.8 Å². The highest BCUT2D eigenvalue weighted by Gasteiger charge is 2.10. The number of aromatic nitrogens is 3. The third-order valence-electron chi connectivity index (χ3n) is 4.12. The van der Waals surface area contributed by atoms with E-state index in [0.29, 0.717) is 51.5 Å². The number of nitrogens with zero attached hydrogens (tertiary/aromatic N) is 3. The number of hydrogen-bond donors (Lipinski definition) is 1. The Labute approximate surface area is 161 Å². The number of nitrogens with two attached hydrogens (primary N) is 1. The lowest BCUT2D eigenvalue weighted by molar-refractivity contribution is -0.129. The predicted molar refractivity (Wildman–Crippen MR) is 102 cm³/mol. The Kier molecular flexibility index (Phi) is 12.5. The van der Waals surface area contributed by atoms with E-state index < -0.39 is 0 Å². The number of Topliss-reactive ketones (excluding diaryl/α,β-unsaturated/α-hetero) is 2. The lowest BCUT2D eigenvalue weighted by Gasteiger charge is -2.10. The molecule has 0 fully saturated rings. The van der Waals surface area contributed by atoms with Gasteiger partial charge in [-0.1, -0.05) is 25.0 Å². The molecule has 1 unspecified atom stereocenters. The van der Waals surface area contributed by atoms with Gasteiger partial charge in [-0.2, -0.15) is 0 Å². The summed E-state index contributed by atoms with van der Waals surface area (Å²) < 4.78 is 12.5. The zero-order valence-electron chi connectivity index (χ0n) is 16.7. The lowest BCUT2D eigenvalue weighted by Crippen LogP contribution is -2.17. The number of rotatable bonds is 17. The summed E-state index contributed by atoms with van der Waals surface area (Å²) in [7, 11) is 0. The number of ether oxygens (including phenoxy) is 2. The fourth-order valence-corrected chi connectivity index (χ4v) is 2.67. The Balaban J connectivity index is 1.95. The molecule has 1 aromatic heterocycles. The number of aryl methyl sites for hydroxylation is 1. The molecule has 8 nitrogen and oxygen atoms in total. The van der Waals surface area contributed by atoms with Crippen molar-refractivity contribution in [3.63, 3.8) is 0 Å². The summed E-state index contributed by atoms with van der Waals surface area (Å²) in [6.07, 6.45) is 6.43. The molecular weight excluding hydrogens is 348 g/mol. The van der Waals surface area contributed by atoms with Gasteiger partial charge in [0.25, 0.3) is 0 Å². The van der Waals surface area contributed by atoms with Crippen LogP contribution in [0.5, 0.6) is 0 Å². The second-order valence-corrected chi connectivity index (χ2v) is 7.00. The molecule has 1 heterocycles. The molecule has 0 aliphatic carbocycles. The highest BCUT2D eigenvalue weighted by molar-refractivity contribution is 5.82. The first-order valence-electron chi connectivity index (χ1n) is 9.77. The van der Waals surface area contributed by atoms with Gasteiger partial charge < -0.3 is 15.2 Å². The fourth-order valence-electron chi connectivity index (χ4n) is 2.67. The molecule has 0 spiro atoms. The summed E-state index contributed by atoms with van der Waals surface area (Å²) in [6, 6.07) is 0. The smallest absolute Gasteiger partial charge is 0.158 e. The van der Waals surface area contributed by atoms with Crippen molar-refractivity contribution in [2.24, 2.45) is 11.7 Å². The van der Waals surface area contributed by atoms with Crippen LogP contribution in [0.15, 0.2) is 6.20 Å². The van der Waals surface area contributed by atoms with Crippen LogP contribution in [-0.4, -0.2) is 59.5 Å². The Bertz CT molecular complexity index is 548. The first-order valence-corrected chi connectivity index (χ1v) is 9.77. The molecule has 0 radical (unpaired) electrons. The summed E-state index contributed by atoms with van der Waals surface area (Å²) in [4.78, 5) is 23.6. The summed E-state index contributed by atoms with van der Waals surface area (Å²) in [6.45, 7) is 6.33. The van der Waals surface area contributed by atoms with Crippen molar-refractivity contribution in [1.29, 1.82) is 0 Å². The number of unbranched alkanes of at least 4 members (excludes halogenated alkanes) is 1. The van der Waals surface area contributed by atoms with Gasteiger partial charge in [0.2, 0.25) is 0 Å². The van der Waals surface area contributed by atoms with E-state index >= 15 is 0 Å². The van der Waals surface area contributed by atoms with Crippen LogP contribution < -0.4 is 5.73 Å². The summed E-state index contributed by atoms with van der Waals surface area (Å²) >= 11 is 0. The van der Waals surface area contributed by atoms with Crippen LogP contribution in [0.25, 0.3) is 0 Å². The van der Waals surface area contributed by atoms with Crippen LogP contribution in [0.2, 0.25) is 0 Å². The normalized spacial score (nSPS) is 12.3. The van der Waals surface area contributed by atoms with Crippen LogP contribution in [0, 0.1) is 12.8 Å². The molecule has 0 bridgehead atoms. The third kappa shape index (κ3) is 12.4. The van der Waals surface area contributed by atoms with E-state index in [1.165, 1.54) is 0 Å². The molecule has 1 rings (SSSR count). The van der Waals surface area contributed by atoms with Gasteiger partial charge in [0.15, 0.2) is 11.6 Å². The van der Waals surface area contributed by atoms with E-state index in [1.807, 2.05) is 13.1 Å². The Morgan fingerprint density at radius 1 is 1.15 bits per heavy atom. The Morgan fingerprint density at radius 3 is 2.63 bits per heavy atom. The Morgan fingerprint density at radius 2 is 1.93 bits per heavy atom. The van der Waals surface area contributed by atoms with Crippen molar-refractivity contribution in [2.75, 3.05) is 33.0 Å². The SMILES string of the molecule is Cc1cn(CCOCCCC(=O)COCC(=O)CC(C)CCCCN)nn1. The van der Waals surface area contributed by atoms with Gasteiger partial charge in [-0.3, -0.25) is 9.59 Å². The van der Waals surface area contributed by atoms with Crippen LogP contribution in [0.1, 0.15) is 51.1 Å². The van der Waals surface area contributed by atoms with E-state index in [2.05, 4.69) is 17.2 Å². The average Bonchev–Trinajstić information content (AvgIpc) is 3.03. The summed E-state index contributed by atoms with van der Waals surface area (Å²) in [5.41, 5.74) is 6.34. The molecule has 27 heavy (non-hydrogen) atoms. The predicted octanol–water partition coefficient (Wildman–Crippen LogP) is 1.69. The minimum absolute atomic E-state index is 0.00528. The van der Waals surface area contributed by atoms with Crippen molar-refractivity contribution in [3.05, 3.63) is 11.9 Å². The zero-order valence-corrected chi connectivity index (χ0v) is 16.7. The zero-order chi connectivity index (χ0) is 19.9.